The molecule has 94 valence electrons. The molecule has 0 aliphatic rings. The second-order valence-corrected chi connectivity index (χ2v) is 3.73. The van der Waals surface area contributed by atoms with Crippen molar-refractivity contribution in [2.24, 2.45) is 0 Å². The van der Waals surface area contributed by atoms with E-state index in [4.69, 9.17) is 11.6 Å². The van der Waals surface area contributed by atoms with Crippen molar-refractivity contribution in [2.45, 2.75) is 5.88 Å². The van der Waals surface area contributed by atoms with Gasteiger partial charge in [-0.05, 0) is 12.1 Å². The molecule has 1 aromatic carbocycles. The van der Waals surface area contributed by atoms with Gasteiger partial charge in [-0.25, -0.2) is 8.78 Å². The number of alkyl halides is 1. The van der Waals surface area contributed by atoms with Crippen molar-refractivity contribution in [3.8, 4) is 11.4 Å². The minimum Gasteiger partial charge on any atom is -0.506 e. The summed E-state index contributed by atoms with van der Waals surface area (Å²) in [5, 5.41) is 13.1. The molecule has 0 spiro atoms. The van der Waals surface area contributed by atoms with E-state index in [1.54, 1.807) is 0 Å². The zero-order valence-corrected chi connectivity index (χ0v) is 9.66. The van der Waals surface area contributed by atoms with Gasteiger partial charge in [0.25, 0.3) is 5.56 Å². The standard InChI is InChI=1S/C11H7ClF2N2O2/c12-5-9-10(17)4-11(18)16(15-9)6-1-2-7(13)8(14)3-6/h1-4,17H,5H2. The minimum atomic E-state index is -1.10. The molecule has 0 aliphatic heterocycles. The molecule has 0 atom stereocenters. The molecule has 0 bridgehead atoms. The first kappa shape index (κ1) is 12.5. The van der Waals surface area contributed by atoms with Crippen LogP contribution in [-0.2, 0) is 5.88 Å². The molecular weight excluding hydrogens is 266 g/mol. The number of hydrogen-bond donors (Lipinski definition) is 1. The van der Waals surface area contributed by atoms with E-state index < -0.39 is 17.2 Å². The third-order valence-corrected chi connectivity index (χ3v) is 2.51. The lowest BCUT2D eigenvalue weighted by Crippen LogP contribution is -2.21. The Hall–Kier alpha value is -1.95. The minimum absolute atomic E-state index is 0.0465. The van der Waals surface area contributed by atoms with Crippen LogP contribution in [0.25, 0.3) is 5.69 Å². The van der Waals surface area contributed by atoms with Gasteiger partial charge in [0.2, 0.25) is 0 Å². The third-order valence-electron chi connectivity index (χ3n) is 2.26. The monoisotopic (exact) mass is 272 g/mol. The van der Waals surface area contributed by atoms with E-state index in [-0.39, 0.29) is 23.0 Å². The highest BCUT2D eigenvalue weighted by atomic mass is 35.5. The molecule has 4 nitrogen and oxygen atoms in total. The number of rotatable bonds is 2. The largest absolute Gasteiger partial charge is 0.506 e. The molecule has 0 aliphatic carbocycles. The fraction of sp³-hybridized carbons (Fsp3) is 0.0909. The summed E-state index contributed by atoms with van der Waals surface area (Å²) in [7, 11) is 0. The van der Waals surface area contributed by atoms with E-state index in [2.05, 4.69) is 5.10 Å². The van der Waals surface area contributed by atoms with Gasteiger partial charge in [-0.15, -0.1) is 11.6 Å². The Balaban J connectivity index is 2.63. The van der Waals surface area contributed by atoms with Crippen LogP contribution in [0.5, 0.6) is 5.75 Å². The van der Waals surface area contributed by atoms with Crippen LogP contribution in [0.3, 0.4) is 0 Å². The van der Waals surface area contributed by atoms with Crippen molar-refractivity contribution in [2.75, 3.05) is 0 Å². The zero-order chi connectivity index (χ0) is 13.3. The molecule has 0 saturated heterocycles. The molecule has 2 rings (SSSR count). The summed E-state index contributed by atoms with van der Waals surface area (Å²) >= 11 is 5.53. The van der Waals surface area contributed by atoms with Crippen LogP contribution >= 0.6 is 11.6 Å². The number of aromatic hydroxyl groups is 1. The van der Waals surface area contributed by atoms with Crippen molar-refractivity contribution in [3.63, 3.8) is 0 Å². The second kappa shape index (κ2) is 4.73. The predicted molar refractivity (Wildman–Crippen MR) is 61.0 cm³/mol. The molecule has 0 fully saturated rings. The van der Waals surface area contributed by atoms with Gasteiger partial charge in [-0.1, -0.05) is 0 Å². The van der Waals surface area contributed by atoms with Crippen LogP contribution in [0.4, 0.5) is 8.78 Å². The molecule has 2 aromatic rings. The lowest BCUT2D eigenvalue weighted by atomic mass is 10.3. The lowest BCUT2D eigenvalue weighted by molar-refractivity contribution is 0.459. The number of halogens is 3. The topological polar surface area (TPSA) is 55.1 Å². The molecule has 0 unspecified atom stereocenters. The molecule has 0 amide bonds. The van der Waals surface area contributed by atoms with Gasteiger partial charge < -0.3 is 5.11 Å². The van der Waals surface area contributed by atoms with Crippen LogP contribution in [0.15, 0.2) is 29.1 Å². The fourth-order valence-corrected chi connectivity index (χ4v) is 1.57. The van der Waals surface area contributed by atoms with Crippen LogP contribution < -0.4 is 5.56 Å². The maximum absolute atomic E-state index is 13.1. The molecule has 0 saturated carbocycles. The summed E-state index contributed by atoms with van der Waals surface area (Å²) in [5.74, 6) is -2.57. The molecule has 0 radical (unpaired) electrons. The smallest absolute Gasteiger partial charge is 0.275 e. The van der Waals surface area contributed by atoms with Crippen molar-refractivity contribution in [1.82, 2.24) is 9.78 Å². The van der Waals surface area contributed by atoms with Gasteiger partial charge in [0.15, 0.2) is 11.6 Å². The van der Waals surface area contributed by atoms with Crippen molar-refractivity contribution in [3.05, 3.63) is 51.9 Å². The molecule has 1 aromatic heterocycles. The maximum Gasteiger partial charge on any atom is 0.275 e. The Labute approximate surface area is 105 Å². The lowest BCUT2D eigenvalue weighted by Gasteiger charge is -2.07. The van der Waals surface area contributed by atoms with Crippen LogP contribution in [0.1, 0.15) is 5.69 Å². The second-order valence-electron chi connectivity index (χ2n) is 3.46. The summed E-state index contributed by atoms with van der Waals surface area (Å²) in [4.78, 5) is 11.6. The number of hydrogen-bond acceptors (Lipinski definition) is 3. The van der Waals surface area contributed by atoms with Crippen LogP contribution in [-0.4, -0.2) is 14.9 Å². The van der Waals surface area contributed by atoms with Gasteiger partial charge in [0.1, 0.15) is 11.4 Å². The molecular formula is C11H7ClF2N2O2. The first-order valence-electron chi connectivity index (χ1n) is 4.86. The molecule has 18 heavy (non-hydrogen) atoms. The molecule has 1 heterocycles. The highest BCUT2D eigenvalue weighted by Gasteiger charge is 2.10. The number of aromatic nitrogens is 2. The van der Waals surface area contributed by atoms with Crippen molar-refractivity contribution in [1.29, 1.82) is 0 Å². The highest BCUT2D eigenvalue weighted by molar-refractivity contribution is 6.17. The average molecular weight is 273 g/mol. The Kier molecular flexibility index (Phi) is 3.29. The zero-order valence-electron chi connectivity index (χ0n) is 8.90. The molecule has 7 heteroatoms. The summed E-state index contributed by atoms with van der Waals surface area (Å²) in [6, 6.07) is 3.82. The Morgan fingerprint density at radius 1 is 1.28 bits per heavy atom. The quantitative estimate of drug-likeness (QED) is 0.850. The number of benzene rings is 1. The maximum atomic E-state index is 13.1. The Bertz CT molecular complexity index is 658. The van der Waals surface area contributed by atoms with E-state index in [1.807, 2.05) is 0 Å². The fourth-order valence-electron chi connectivity index (χ4n) is 1.38. The SMILES string of the molecule is O=c1cc(O)c(CCl)nn1-c1ccc(F)c(F)c1. The van der Waals surface area contributed by atoms with Crippen LogP contribution in [0.2, 0.25) is 0 Å². The predicted octanol–water partition coefficient (Wildman–Crippen LogP) is 1.96. The summed E-state index contributed by atoms with van der Waals surface area (Å²) in [6.45, 7) is 0. The summed E-state index contributed by atoms with van der Waals surface area (Å²) < 4.78 is 26.7. The van der Waals surface area contributed by atoms with E-state index in [1.165, 1.54) is 6.07 Å². The normalized spacial score (nSPS) is 10.6. The van der Waals surface area contributed by atoms with Gasteiger partial charge in [-0.3, -0.25) is 4.79 Å². The third kappa shape index (κ3) is 2.19. The van der Waals surface area contributed by atoms with E-state index in [0.29, 0.717) is 0 Å². The summed E-state index contributed by atoms with van der Waals surface area (Å²) in [6.07, 6.45) is 0. The van der Waals surface area contributed by atoms with Crippen molar-refractivity contribution >= 4 is 11.6 Å². The van der Waals surface area contributed by atoms with Crippen molar-refractivity contribution < 1.29 is 13.9 Å². The van der Waals surface area contributed by atoms with Gasteiger partial charge in [-0.2, -0.15) is 9.78 Å². The van der Waals surface area contributed by atoms with Gasteiger partial charge in [0.05, 0.1) is 11.6 Å². The Morgan fingerprint density at radius 2 is 2.00 bits per heavy atom. The van der Waals surface area contributed by atoms with E-state index in [9.17, 15) is 18.7 Å². The number of nitrogens with zero attached hydrogens (tertiary/aromatic N) is 2. The first-order chi connectivity index (χ1) is 8.52. The highest BCUT2D eigenvalue weighted by Crippen LogP contribution is 2.15. The van der Waals surface area contributed by atoms with Gasteiger partial charge in [0, 0.05) is 12.1 Å². The molecule has 1 N–H and O–H groups in total. The van der Waals surface area contributed by atoms with E-state index in [0.717, 1.165) is 22.9 Å². The van der Waals surface area contributed by atoms with E-state index >= 15 is 0 Å². The Morgan fingerprint density at radius 3 is 2.61 bits per heavy atom. The average Bonchev–Trinajstić information content (AvgIpc) is 2.33. The first-order valence-corrected chi connectivity index (χ1v) is 5.40. The van der Waals surface area contributed by atoms with Gasteiger partial charge >= 0.3 is 0 Å². The summed E-state index contributed by atoms with van der Waals surface area (Å²) in [5.41, 5.74) is -0.557. The van der Waals surface area contributed by atoms with Crippen LogP contribution in [0, 0.1) is 11.6 Å².